The van der Waals surface area contributed by atoms with Gasteiger partial charge in [-0.25, -0.2) is 4.98 Å². The van der Waals surface area contributed by atoms with Crippen molar-refractivity contribution in [1.82, 2.24) is 15.0 Å². The number of fused-ring (bicyclic) bond motifs is 2. The molecule has 0 N–H and O–H groups in total. The molecule has 44 heavy (non-hydrogen) atoms. The van der Waals surface area contributed by atoms with Gasteiger partial charge < -0.3 is 0 Å². The van der Waals surface area contributed by atoms with E-state index in [0.717, 1.165) is 55.9 Å². The summed E-state index contributed by atoms with van der Waals surface area (Å²) < 4.78 is 0. The van der Waals surface area contributed by atoms with Crippen molar-refractivity contribution in [2.45, 2.75) is 0 Å². The predicted octanol–water partition coefficient (Wildman–Crippen LogP) is 10.5. The number of benzene rings is 5. The fourth-order valence-electron chi connectivity index (χ4n) is 6.09. The van der Waals surface area contributed by atoms with Crippen molar-refractivity contribution in [2.24, 2.45) is 0 Å². The number of hydrogen-bond donors (Lipinski definition) is 0. The van der Waals surface area contributed by atoms with Crippen molar-refractivity contribution in [3.8, 4) is 55.9 Å². The minimum atomic E-state index is 0.946. The van der Waals surface area contributed by atoms with Gasteiger partial charge in [0.2, 0.25) is 0 Å². The molecule has 206 valence electrons. The van der Waals surface area contributed by atoms with Crippen molar-refractivity contribution in [3.05, 3.63) is 164 Å². The molecular weight excluding hydrogens is 534 g/mol. The summed E-state index contributed by atoms with van der Waals surface area (Å²) in [5, 5.41) is 4.77. The minimum Gasteiger partial charge on any atom is -0.265 e. The normalized spacial score (nSPS) is 11.2. The molecule has 8 aromatic rings. The third kappa shape index (κ3) is 4.81. The van der Waals surface area contributed by atoms with E-state index in [1.807, 2.05) is 24.8 Å². The van der Waals surface area contributed by atoms with Crippen LogP contribution in [0.15, 0.2) is 164 Å². The number of pyridine rings is 3. The molecule has 3 nitrogen and oxygen atoms in total. The van der Waals surface area contributed by atoms with E-state index in [4.69, 9.17) is 4.98 Å². The number of nitrogens with zero attached hydrogens (tertiary/aromatic N) is 3. The third-order valence-electron chi connectivity index (χ3n) is 8.25. The van der Waals surface area contributed by atoms with Gasteiger partial charge in [-0.3, -0.25) is 9.97 Å². The molecule has 0 aliphatic carbocycles. The van der Waals surface area contributed by atoms with Gasteiger partial charge in [0, 0.05) is 35.9 Å². The summed E-state index contributed by atoms with van der Waals surface area (Å²) in [7, 11) is 0. The van der Waals surface area contributed by atoms with Crippen LogP contribution in [0, 0.1) is 0 Å². The second-order valence-corrected chi connectivity index (χ2v) is 11.0. The molecule has 0 unspecified atom stereocenters. The Balaban J connectivity index is 1.41. The second kappa shape index (κ2) is 11.0. The van der Waals surface area contributed by atoms with Crippen molar-refractivity contribution < 1.29 is 0 Å². The van der Waals surface area contributed by atoms with Gasteiger partial charge in [0.1, 0.15) is 0 Å². The number of aromatic nitrogens is 3. The summed E-state index contributed by atoms with van der Waals surface area (Å²) in [5.74, 6) is 0. The summed E-state index contributed by atoms with van der Waals surface area (Å²) in [4.78, 5) is 13.9. The maximum Gasteiger partial charge on any atom is 0.0721 e. The van der Waals surface area contributed by atoms with Gasteiger partial charge in [0.15, 0.2) is 0 Å². The monoisotopic (exact) mass is 561 g/mol. The lowest BCUT2D eigenvalue weighted by Gasteiger charge is -2.15. The van der Waals surface area contributed by atoms with Crippen LogP contribution in [0.3, 0.4) is 0 Å². The summed E-state index contributed by atoms with van der Waals surface area (Å²) in [5.41, 5.74) is 10.9. The van der Waals surface area contributed by atoms with Crippen LogP contribution in [-0.4, -0.2) is 15.0 Å². The first-order valence-corrected chi connectivity index (χ1v) is 14.7. The molecule has 3 heteroatoms. The van der Waals surface area contributed by atoms with E-state index in [-0.39, 0.29) is 0 Å². The van der Waals surface area contributed by atoms with E-state index >= 15 is 0 Å². The Hall–Kier alpha value is -5.93. The van der Waals surface area contributed by atoms with Crippen LogP contribution in [0.25, 0.3) is 77.4 Å². The third-order valence-corrected chi connectivity index (χ3v) is 8.25. The van der Waals surface area contributed by atoms with E-state index in [1.165, 1.54) is 21.5 Å². The van der Waals surface area contributed by atoms with Crippen LogP contribution in [0.1, 0.15) is 0 Å². The Morgan fingerprint density at radius 3 is 1.18 bits per heavy atom. The zero-order valence-electron chi connectivity index (χ0n) is 23.9. The highest BCUT2D eigenvalue weighted by atomic mass is 14.7. The largest absolute Gasteiger partial charge is 0.265 e. The average molecular weight is 562 g/mol. The molecule has 0 amide bonds. The van der Waals surface area contributed by atoms with E-state index in [0.29, 0.717) is 0 Å². The van der Waals surface area contributed by atoms with Gasteiger partial charge >= 0.3 is 0 Å². The maximum atomic E-state index is 5.34. The van der Waals surface area contributed by atoms with Crippen LogP contribution >= 0.6 is 0 Å². The average Bonchev–Trinajstić information content (AvgIpc) is 3.11. The summed E-state index contributed by atoms with van der Waals surface area (Å²) >= 11 is 0. The molecule has 5 aromatic carbocycles. The number of rotatable bonds is 5. The Labute approximate surface area is 256 Å². The van der Waals surface area contributed by atoms with Crippen LogP contribution in [0.4, 0.5) is 0 Å². The second-order valence-electron chi connectivity index (χ2n) is 11.0. The van der Waals surface area contributed by atoms with Gasteiger partial charge in [-0.2, -0.15) is 0 Å². The predicted molar refractivity (Wildman–Crippen MR) is 182 cm³/mol. The first kappa shape index (κ1) is 25.8. The Bertz CT molecular complexity index is 2110. The van der Waals surface area contributed by atoms with Gasteiger partial charge in [-0.05, 0) is 110 Å². The highest BCUT2D eigenvalue weighted by Crippen LogP contribution is 2.38. The Morgan fingerprint density at radius 1 is 0.318 bits per heavy atom. The molecule has 3 aromatic heterocycles. The Kier molecular flexibility index (Phi) is 6.47. The van der Waals surface area contributed by atoms with E-state index in [9.17, 15) is 0 Å². The molecule has 0 saturated carbocycles. The maximum absolute atomic E-state index is 5.34. The molecular formula is C41H27N3. The smallest absolute Gasteiger partial charge is 0.0721 e. The van der Waals surface area contributed by atoms with Crippen LogP contribution < -0.4 is 0 Å². The molecule has 0 saturated heterocycles. The zero-order valence-corrected chi connectivity index (χ0v) is 23.9. The van der Waals surface area contributed by atoms with Crippen LogP contribution in [0.2, 0.25) is 0 Å². The summed E-state index contributed by atoms with van der Waals surface area (Å²) in [6.07, 6.45) is 7.38. The van der Waals surface area contributed by atoms with E-state index < -0.39 is 0 Å². The molecule has 3 heterocycles. The highest BCUT2D eigenvalue weighted by Gasteiger charge is 2.15. The van der Waals surface area contributed by atoms with Gasteiger partial charge in [-0.15, -0.1) is 0 Å². The van der Waals surface area contributed by atoms with Gasteiger partial charge in [0.05, 0.1) is 11.4 Å². The SMILES string of the molecule is c1ccc2c(-c3cc(-c4cc(-c5ccncc5)cc(-c5ccncc5)c4)cc(-c4cccc5ccccc45)n3)cccc2c1. The molecule has 0 bridgehead atoms. The first-order valence-electron chi connectivity index (χ1n) is 14.7. The quantitative estimate of drug-likeness (QED) is 0.210. The molecule has 0 aliphatic rings. The van der Waals surface area contributed by atoms with Gasteiger partial charge in [-0.1, -0.05) is 84.9 Å². The minimum absolute atomic E-state index is 0.946. The molecule has 0 fully saturated rings. The van der Waals surface area contributed by atoms with Gasteiger partial charge in [0.25, 0.3) is 0 Å². The van der Waals surface area contributed by atoms with Crippen LogP contribution in [0.5, 0.6) is 0 Å². The van der Waals surface area contributed by atoms with E-state index in [1.54, 1.807) is 0 Å². The fourth-order valence-corrected chi connectivity index (χ4v) is 6.09. The standard InChI is InChI=1S/C41H27N3/c1-3-11-36-30(7-1)9-5-13-38(36)40-26-35(27-41(44-40)39-14-6-10-31-8-2-4-12-37(31)39)34-24-32(28-15-19-42-20-16-28)23-33(25-34)29-17-21-43-22-18-29/h1-27H. The van der Waals surface area contributed by atoms with Crippen LogP contribution in [-0.2, 0) is 0 Å². The summed E-state index contributed by atoms with van der Waals surface area (Å²) in [6.45, 7) is 0. The topological polar surface area (TPSA) is 38.7 Å². The number of hydrogen-bond acceptors (Lipinski definition) is 3. The molecule has 0 radical (unpaired) electrons. The summed E-state index contributed by atoms with van der Waals surface area (Å²) in [6, 6.07) is 49.5. The highest BCUT2D eigenvalue weighted by molar-refractivity contribution is 5.99. The molecule has 0 aliphatic heterocycles. The van der Waals surface area contributed by atoms with Crippen molar-refractivity contribution in [3.63, 3.8) is 0 Å². The molecule has 0 spiro atoms. The zero-order chi connectivity index (χ0) is 29.3. The van der Waals surface area contributed by atoms with Crippen molar-refractivity contribution in [2.75, 3.05) is 0 Å². The lowest BCUT2D eigenvalue weighted by Crippen LogP contribution is -1.94. The Morgan fingerprint density at radius 2 is 0.705 bits per heavy atom. The first-order chi connectivity index (χ1) is 21.8. The van der Waals surface area contributed by atoms with E-state index in [2.05, 4.69) is 149 Å². The van der Waals surface area contributed by atoms with Crippen molar-refractivity contribution >= 4 is 21.5 Å². The molecule has 0 atom stereocenters. The fraction of sp³-hybridized carbons (Fsp3) is 0. The lowest BCUT2D eigenvalue weighted by molar-refractivity contribution is 1.32. The molecule has 8 rings (SSSR count). The van der Waals surface area contributed by atoms with Crippen molar-refractivity contribution in [1.29, 1.82) is 0 Å². The lowest BCUT2D eigenvalue weighted by atomic mass is 9.92.